The number of hydrogen-bond acceptors (Lipinski definition) is 4. The minimum absolute atomic E-state index is 0.124. The first-order valence-corrected chi connectivity index (χ1v) is 7.71. The first-order chi connectivity index (χ1) is 9.93. The number of hydrogen-bond donors (Lipinski definition) is 1. The van der Waals surface area contributed by atoms with Crippen molar-refractivity contribution in [3.63, 3.8) is 0 Å². The molecule has 0 aliphatic rings. The van der Waals surface area contributed by atoms with Crippen LogP contribution in [0.15, 0.2) is 24.3 Å². The lowest BCUT2D eigenvalue weighted by Gasteiger charge is -2.15. The highest BCUT2D eigenvalue weighted by Gasteiger charge is 2.13. The van der Waals surface area contributed by atoms with Crippen molar-refractivity contribution in [3.8, 4) is 6.07 Å². The van der Waals surface area contributed by atoms with Gasteiger partial charge in [0.05, 0.1) is 18.1 Å². The number of carboxylic acid groups (broad SMARTS) is 1. The molecule has 6 nitrogen and oxygen atoms in total. The third-order valence-corrected chi connectivity index (χ3v) is 4.00. The third kappa shape index (κ3) is 5.75. The molecule has 1 unspecified atom stereocenters. The number of carboxylic acids is 1. The number of aromatic carboxylic acids is 1. The summed E-state index contributed by atoms with van der Waals surface area (Å²) in [6.07, 6.45) is 0.232. The summed E-state index contributed by atoms with van der Waals surface area (Å²) in [5, 5.41) is 17.3. The number of carbonyl (C=O) groups is 2. The van der Waals surface area contributed by atoms with Crippen LogP contribution in [0.2, 0.25) is 0 Å². The predicted octanol–water partition coefficient (Wildman–Crippen LogP) is 1.01. The zero-order chi connectivity index (χ0) is 15.8. The Morgan fingerprint density at radius 2 is 2.14 bits per heavy atom. The highest BCUT2D eigenvalue weighted by molar-refractivity contribution is 7.84. The summed E-state index contributed by atoms with van der Waals surface area (Å²) in [5.41, 5.74) is 0.739. The smallest absolute Gasteiger partial charge is 0.335 e. The molecule has 1 N–H and O–H groups in total. The lowest BCUT2D eigenvalue weighted by Crippen LogP contribution is -2.31. The van der Waals surface area contributed by atoms with Gasteiger partial charge in [-0.2, -0.15) is 5.26 Å². The van der Waals surface area contributed by atoms with Gasteiger partial charge in [0.25, 0.3) is 0 Å². The van der Waals surface area contributed by atoms with Crippen molar-refractivity contribution in [2.75, 3.05) is 19.3 Å². The molecular weight excluding hydrogens is 292 g/mol. The minimum Gasteiger partial charge on any atom is -0.478 e. The molecule has 1 amide bonds. The van der Waals surface area contributed by atoms with Gasteiger partial charge in [-0.25, -0.2) is 4.79 Å². The van der Waals surface area contributed by atoms with E-state index in [1.165, 1.54) is 17.0 Å². The molecule has 21 heavy (non-hydrogen) atoms. The molecular formula is C14H16N2O4S. The molecule has 0 aliphatic carbocycles. The Hall–Kier alpha value is -2.20. The zero-order valence-electron chi connectivity index (χ0n) is 11.6. The van der Waals surface area contributed by atoms with Crippen LogP contribution in [-0.2, 0) is 21.3 Å². The first kappa shape index (κ1) is 16.9. The Kier molecular flexibility index (Phi) is 6.56. The fourth-order valence-corrected chi connectivity index (χ4v) is 2.77. The number of carbonyl (C=O) groups excluding carboxylic acids is 1. The van der Waals surface area contributed by atoms with Gasteiger partial charge in [0.15, 0.2) is 0 Å². The van der Waals surface area contributed by atoms with E-state index < -0.39 is 16.8 Å². The molecule has 0 spiro atoms. The van der Waals surface area contributed by atoms with E-state index in [-0.39, 0.29) is 29.4 Å². The Balaban J connectivity index is 2.58. The molecule has 0 saturated carbocycles. The average molecular weight is 308 g/mol. The van der Waals surface area contributed by atoms with E-state index in [4.69, 9.17) is 10.4 Å². The number of nitrogens with zero attached hydrogens (tertiary/aromatic N) is 2. The van der Waals surface area contributed by atoms with E-state index in [1.807, 2.05) is 6.07 Å². The van der Waals surface area contributed by atoms with Crippen molar-refractivity contribution in [1.29, 1.82) is 5.26 Å². The summed E-state index contributed by atoms with van der Waals surface area (Å²) in [6.45, 7) is 0.307. The molecule has 0 fully saturated rings. The van der Waals surface area contributed by atoms with Crippen LogP contribution in [0.4, 0.5) is 0 Å². The first-order valence-electron chi connectivity index (χ1n) is 6.22. The van der Waals surface area contributed by atoms with Gasteiger partial charge in [-0.3, -0.25) is 9.00 Å². The van der Waals surface area contributed by atoms with Crippen molar-refractivity contribution in [3.05, 3.63) is 35.4 Å². The second kappa shape index (κ2) is 8.17. The SMILES string of the molecule is CN(CCC#N)C(=O)CS(=O)Cc1cccc(C(=O)O)c1. The minimum atomic E-state index is -1.42. The van der Waals surface area contributed by atoms with Crippen LogP contribution < -0.4 is 0 Å². The molecule has 0 aliphatic heterocycles. The summed E-state index contributed by atoms with van der Waals surface area (Å²) in [4.78, 5) is 24.0. The van der Waals surface area contributed by atoms with E-state index in [2.05, 4.69) is 0 Å². The van der Waals surface area contributed by atoms with Crippen LogP contribution >= 0.6 is 0 Å². The van der Waals surface area contributed by atoms with Gasteiger partial charge in [0, 0.05) is 30.1 Å². The van der Waals surface area contributed by atoms with Crippen molar-refractivity contribution >= 4 is 22.7 Å². The predicted molar refractivity (Wildman–Crippen MR) is 78.0 cm³/mol. The maximum Gasteiger partial charge on any atom is 0.335 e. The summed E-state index contributed by atoms with van der Waals surface area (Å²) < 4.78 is 11.9. The maximum absolute atomic E-state index is 11.9. The van der Waals surface area contributed by atoms with E-state index in [0.717, 1.165) is 0 Å². The van der Waals surface area contributed by atoms with Crippen molar-refractivity contribution < 1.29 is 18.9 Å². The summed E-state index contributed by atoms with van der Waals surface area (Å²) in [5.74, 6) is -1.36. The van der Waals surface area contributed by atoms with Crippen LogP contribution in [0.3, 0.4) is 0 Å². The van der Waals surface area contributed by atoms with Gasteiger partial charge in [0.1, 0.15) is 5.75 Å². The number of nitriles is 1. The Bertz CT molecular complexity index is 595. The lowest BCUT2D eigenvalue weighted by atomic mass is 10.1. The van der Waals surface area contributed by atoms with Crippen molar-refractivity contribution in [2.24, 2.45) is 0 Å². The molecule has 1 atom stereocenters. The van der Waals surface area contributed by atoms with Crippen molar-refractivity contribution in [1.82, 2.24) is 4.90 Å². The van der Waals surface area contributed by atoms with Crippen LogP contribution in [0.5, 0.6) is 0 Å². The fraction of sp³-hybridized carbons (Fsp3) is 0.357. The zero-order valence-corrected chi connectivity index (χ0v) is 12.4. The standard InChI is InChI=1S/C14H16N2O4S/c1-16(7-3-6-15)13(17)10-21(20)9-11-4-2-5-12(8-11)14(18)19/h2,4-5,8H,3,7,9-10H2,1H3,(H,18,19). The van der Waals surface area contributed by atoms with Gasteiger partial charge in [-0.15, -0.1) is 0 Å². The highest BCUT2D eigenvalue weighted by atomic mass is 32.2. The van der Waals surface area contributed by atoms with E-state index >= 15 is 0 Å². The van der Waals surface area contributed by atoms with E-state index in [0.29, 0.717) is 12.1 Å². The number of amides is 1. The van der Waals surface area contributed by atoms with Crippen LogP contribution in [-0.4, -0.2) is 45.4 Å². The second-order valence-corrected chi connectivity index (χ2v) is 5.91. The second-order valence-electron chi connectivity index (χ2n) is 4.46. The summed E-state index contributed by atoms with van der Waals surface area (Å²) in [6, 6.07) is 8.10. The number of rotatable bonds is 7. The summed E-state index contributed by atoms with van der Waals surface area (Å²) in [7, 11) is 0.142. The fourth-order valence-electron chi connectivity index (χ4n) is 1.62. The molecule has 0 heterocycles. The molecule has 112 valence electrons. The maximum atomic E-state index is 11.9. The molecule has 1 rings (SSSR count). The molecule has 7 heteroatoms. The normalized spacial score (nSPS) is 11.4. The van der Waals surface area contributed by atoms with Gasteiger partial charge in [-0.05, 0) is 17.7 Å². The average Bonchev–Trinajstić information content (AvgIpc) is 2.44. The molecule has 0 bridgehead atoms. The molecule has 1 aromatic carbocycles. The largest absolute Gasteiger partial charge is 0.478 e. The summed E-state index contributed by atoms with van der Waals surface area (Å²) >= 11 is 0. The van der Waals surface area contributed by atoms with Crippen LogP contribution in [0.1, 0.15) is 22.3 Å². The van der Waals surface area contributed by atoms with Gasteiger partial charge < -0.3 is 10.0 Å². The monoisotopic (exact) mass is 308 g/mol. The third-order valence-electron chi connectivity index (χ3n) is 2.77. The van der Waals surface area contributed by atoms with E-state index in [1.54, 1.807) is 19.2 Å². The number of benzene rings is 1. The topological polar surface area (TPSA) is 98.5 Å². The Labute approximate surface area is 125 Å². The Morgan fingerprint density at radius 1 is 1.43 bits per heavy atom. The van der Waals surface area contributed by atoms with E-state index in [9.17, 15) is 13.8 Å². The van der Waals surface area contributed by atoms with Gasteiger partial charge in [0.2, 0.25) is 5.91 Å². The Morgan fingerprint density at radius 3 is 2.76 bits per heavy atom. The molecule has 0 aromatic heterocycles. The quantitative estimate of drug-likeness (QED) is 0.810. The lowest BCUT2D eigenvalue weighted by molar-refractivity contribution is -0.127. The van der Waals surface area contributed by atoms with Crippen molar-refractivity contribution in [2.45, 2.75) is 12.2 Å². The van der Waals surface area contributed by atoms with Crippen LogP contribution in [0.25, 0.3) is 0 Å². The molecule has 0 radical (unpaired) electrons. The van der Waals surface area contributed by atoms with Gasteiger partial charge >= 0.3 is 5.97 Å². The van der Waals surface area contributed by atoms with Crippen LogP contribution in [0, 0.1) is 11.3 Å². The molecule has 1 aromatic rings. The molecule has 0 saturated heterocycles. The van der Waals surface area contributed by atoms with Gasteiger partial charge in [-0.1, -0.05) is 12.1 Å². The highest BCUT2D eigenvalue weighted by Crippen LogP contribution is 2.08.